The van der Waals surface area contributed by atoms with E-state index in [0.29, 0.717) is 20.4 Å². The lowest BCUT2D eigenvalue weighted by Gasteiger charge is -2.12. The molecule has 0 saturated carbocycles. The van der Waals surface area contributed by atoms with Gasteiger partial charge in [-0.2, -0.15) is 0 Å². The highest BCUT2D eigenvalue weighted by molar-refractivity contribution is 9.13. The van der Waals surface area contributed by atoms with Crippen molar-refractivity contribution in [2.75, 3.05) is 14.2 Å². The number of rotatable bonds is 3. The number of aromatic carboxylic acids is 1. The van der Waals surface area contributed by atoms with Crippen LogP contribution in [0, 0.1) is 0 Å². The van der Waals surface area contributed by atoms with Gasteiger partial charge in [0.25, 0.3) is 0 Å². The zero-order valence-electron chi connectivity index (χ0n) is 8.01. The second-order valence-electron chi connectivity index (χ2n) is 2.59. The Morgan fingerprint density at radius 3 is 2.27 bits per heavy atom. The fraction of sp³-hybridized carbons (Fsp3) is 0.222. The number of hydrogen-bond donors (Lipinski definition) is 1. The number of carboxylic acids is 1. The van der Waals surface area contributed by atoms with Gasteiger partial charge in [0, 0.05) is 0 Å². The highest BCUT2D eigenvalue weighted by Gasteiger charge is 2.19. The van der Waals surface area contributed by atoms with Gasteiger partial charge in [0.15, 0.2) is 11.5 Å². The van der Waals surface area contributed by atoms with E-state index >= 15 is 0 Å². The molecule has 0 spiro atoms. The third kappa shape index (κ3) is 2.26. The first-order valence-corrected chi connectivity index (χ1v) is 5.44. The molecule has 82 valence electrons. The van der Waals surface area contributed by atoms with E-state index in [-0.39, 0.29) is 5.56 Å². The lowest BCUT2D eigenvalue weighted by molar-refractivity contribution is 0.0695. The molecule has 0 fully saturated rings. The van der Waals surface area contributed by atoms with Crippen LogP contribution < -0.4 is 9.47 Å². The molecule has 0 saturated heterocycles. The predicted molar refractivity (Wildman–Crippen MR) is 61.9 cm³/mol. The fourth-order valence-electron chi connectivity index (χ4n) is 1.08. The van der Waals surface area contributed by atoms with Crippen LogP contribution in [0.2, 0.25) is 0 Å². The van der Waals surface area contributed by atoms with Crippen LogP contribution in [-0.4, -0.2) is 25.3 Å². The molecule has 0 unspecified atom stereocenters. The Labute approximate surface area is 103 Å². The normalized spacial score (nSPS) is 9.87. The van der Waals surface area contributed by atoms with E-state index in [1.54, 1.807) is 0 Å². The summed E-state index contributed by atoms with van der Waals surface area (Å²) >= 11 is 6.41. The average molecular weight is 340 g/mol. The van der Waals surface area contributed by atoms with Crippen molar-refractivity contribution in [3.8, 4) is 11.5 Å². The Balaban J connectivity index is 3.49. The van der Waals surface area contributed by atoms with Crippen molar-refractivity contribution in [3.63, 3.8) is 0 Å². The smallest absolute Gasteiger partial charge is 0.337 e. The lowest BCUT2D eigenvalue weighted by Crippen LogP contribution is -2.01. The summed E-state index contributed by atoms with van der Waals surface area (Å²) in [6, 6.07) is 1.40. The average Bonchev–Trinajstić information content (AvgIpc) is 2.21. The van der Waals surface area contributed by atoms with E-state index in [1.807, 2.05) is 0 Å². The van der Waals surface area contributed by atoms with Crippen molar-refractivity contribution >= 4 is 37.8 Å². The van der Waals surface area contributed by atoms with Crippen molar-refractivity contribution in [3.05, 3.63) is 20.6 Å². The molecule has 4 nitrogen and oxygen atoms in total. The van der Waals surface area contributed by atoms with Crippen LogP contribution in [-0.2, 0) is 0 Å². The number of methoxy groups -OCH3 is 2. The van der Waals surface area contributed by atoms with Gasteiger partial charge in [0.1, 0.15) is 0 Å². The van der Waals surface area contributed by atoms with Gasteiger partial charge in [0.05, 0.1) is 28.7 Å². The standard InChI is InChI=1S/C9H8Br2O4/c1-14-5-3-4(9(12)13)6(10)7(11)8(5)15-2/h3H,1-2H3,(H,12,13). The highest BCUT2D eigenvalue weighted by Crippen LogP contribution is 2.42. The molecule has 0 aromatic heterocycles. The summed E-state index contributed by atoms with van der Waals surface area (Å²) in [5.74, 6) is -0.220. The highest BCUT2D eigenvalue weighted by atomic mass is 79.9. The van der Waals surface area contributed by atoms with E-state index in [4.69, 9.17) is 14.6 Å². The Morgan fingerprint density at radius 1 is 1.27 bits per heavy atom. The van der Waals surface area contributed by atoms with Crippen molar-refractivity contribution in [2.45, 2.75) is 0 Å². The summed E-state index contributed by atoms with van der Waals surface area (Å²) in [7, 11) is 2.93. The molecule has 0 heterocycles. The largest absolute Gasteiger partial charge is 0.493 e. The minimum absolute atomic E-state index is 0.111. The Morgan fingerprint density at radius 2 is 1.87 bits per heavy atom. The number of ether oxygens (including phenoxy) is 2. The third-order valence-corrected chi connectivity index (χ3v) is 3.89. The first-order valence-electron chi connectivity index (χ1n) is 3.86. The summed E-state index contributed by atoms with van der Waals surface area (Å²) < 4.78 is 11.1. The Hall–Kier alpha value is -0.750. The molecular formula is C9H8Br2O4. The molecule has 0 radical (unpaired) electrons. The first-order chi connectivity index (χ1) is 7.02. The van der Waals surface area contributed by atoms with Gasteiger partial charge in [-0.15, -0.1) is 0 Å². The van der Waals surface area contributed by atoms with E-state index < -0.39 is 5.97 Å². The van der Waals surface area contributed by atoms with Gasteiger partial charge in [-0.25, -0.2) is 4.79 Å². The monoisotopic (exact) mass is 338 g/mol. The van der Waals surface area contributed by atoms with Gasteiger partial charge in [-0.05, 0) is 37.9 Å². The summed E-state index contributed by atoms with van der Waals surface area (Å²) in [5.41, 5.74) is 0.111. The topological polar surface area (TPSA) is 55.8 Å². The minimum atomic E-state index is -1.04. The maximum Gasteiger partial charge on any atom is 0.337 e. The second-order valence-corrected chi connectivity index (χ2v) is 4.18. The van der Waals surface area contributed by atoms with Crippen LogP contribution in [0.3, 0.4) is 0 Å². The summed E-state index contributed by atoms with van der Waals surface area (Å²) in [4.78, 5) is 10.9. The van der Waals surface area contributed by atoms with Crippen molar-refractivity contribution in [1.29, 1.82) is 0 Å². The molecule has 0 amide bonds. The first kappa shape index (κ1) is 12.3. The van der Waals surface area contributed by atoms with Gasteiger partial charge >= 0.3 is 5.97 Å². The maximum absolute atomic E-state index is 10.9. The van der Waals surface area contributed by atoms with Crippen LogP contribution in [0.4, 0.5) is 0 Å². The summed E-state index contributed by atoms with van der Waals surface area (Å²) in [5, 5.41) is 8.93. The van der Waals surface area contributed by atoms with Crippen LogP contribution in [0.25, 0.3) is 0 Å². The van der Waals surface area contributed by atoms with Crippen LogP contribution in [0.5, 0.6) is 11.5 Å². The van der Waals surface area contributed by atoms with Crippen LogP contribution >= 0.6 is 31.9 Å². The molecule has 15 heavy (non-hydrogen) atoms. The molecule has 1 aromatic carbocycles. The molecule has 0 atom stereocenters. The third-order valence-electron chi connectivity index (χ3n) is 1.78. The van der Waals surface area contributed by atoms with E-state index in [0.717, 1.165) is 0 Å². The minimum Gasteiger partial charge on any atom is -0.493 e. The summed E-state index contributed by atoms with van der Waals surface area (Å²) in [6.07, 6.45) is 0. The number of halogens is 2. The van der Waals surface area contributed by atoms with Gasteiger partial charge in [-0.3, -0.25) is 0 Å². The number of hydrogen-bond acceptors (Lipinski definition) is 3. The van der Waals surface area contributed by atoms with Gasteiger partial charge < -0.3 is 14.6 Å². The molecular weight excluding hydrogens is 332 g/mol. The van der Waals surface area contributed by atoms with Gasteiger partial charge in [0.2, 0.25) is 0 Å². The molecule has 0 aliphatic rings. The quantitative estimate of drug-likeness (QED) is 0.919. The molecule has 0 aliphatic carbocycles. The van der Waals surface area contributed by atoms with Gasteiger partial charge in [-0.1, -0.05) is 0 Å². The molecule has 0 aliphatic heterocycles. The number of carbonyl (C=O) groups is 1. The molecule has 1 rings (SSSR count). The van der Waals surface area contributed by atoms with E-state index in [1.165, 1.54) is 20.3 Å². The maximum atomic E-state index is 10.9. The lowest BCUT2D eigenvalue weighted by atomic mass is 10.2. The molecule has 6 heteroatoms. The molecule has 1 aromatic rings. The zero-order chi connectivity index (χ0) is 11.6. The van der Waals surface area contributed by atoms with Crippen molar-refractivity contribution in [1.82, 2.24) is 0 Å². The van der Waals surface area contributed by atoms with Crippen molar-refractivity contribution in [2.24, 2.45) is 0 Å². The second kappa shape index (κ2) is 4.85. The van der Waals surface area contributed by atoms with E-state index in [9.17, 15) is 4.79 Å². The Kier molecular flexibility index (Phi) is 3.98. The van der Waals surface area contributed by atoms with Crippen molar-refractivity contribution < 1.29 is 19.4 Å². The number of carboxylic acid groups (broad SMARTS) is 1. The zero-order valence-corrected chi connectivity index (χ0v) is 11.2. The predicted octanol–water partition coefficient (Wildman–Crippen LogP) is 2.93. The Bertz CT molecular complexity index is 404. The molecule has 1 N–H and O–H groups in total. The molecule has 0 bridgehead atoms. The SMILES string of the molecule is COc1cc(C(=O)O)c(Br)c(Br)c1OC. The number of benzene rings is 1. The van der Waals surface area contributed by atoms with E-state index in [2.05, 4.69) is 31.9 Å². The summed E-state index contributed by atoms with van der Waals surface area (Å²) in [6.45, 7) is 0. The van der Waals surface area contributed by atoms with Crippen LogP contribution in [0.1, 0.15) is 10.4 Å². The fourth-order valence-corrected chi connectivity index (χ4v) is 2.12. The van der Waals surface area contributed by atoms with Crippen LogP contribution in [0.15, 0.2) is 15.0 Å².